The molecule has 2 amide bonds. The molecule has 0 saturated carbocycles. The van der Waals surface area contributed by atoms with E-state index in [9.17, 15) is 18.0 Å². The normalized spacial score (nSPS) is 17.2. The number of benzene rings is 2. The minimum absolute atomic E-state index is 0.119. The van der Waals surface area contributed by atoms with Crippen LogP contribution in [-0.2, 0) is 26.0 Å². The largest absolute Gasteiger partial charge is 0.349 e. The number of nitrogens with zero attached hydrogens (tertiary/aromatic N) is 1. The summed E-state index contributed by atoms with van der Waals surface area (Å²) in [7, 11) is -3.77. The highest BCUT2D eigenvalue weighted by molar-refractivity contribution is 7.89. The number of nitrogens with one attached hydrogen (secondary N) is 2. The lowest BCUT2D eigenvalue weighted by Crippen LogP contribution is -2.44. The molecule has 2 N–H and O–H groups in total. The second kappa shape index (κ2) is 11.1. The Kier molecular flexibility index (Phi) is 8.19. The Morgan fingerprint density at radius 2 is 1.88 bits per heavy atom. The summed E-state index contributed by atoms with van der Waals surface area (Å²) in [5, 5.41) is 5.60. The third-order valence-corrected chi connectivity index (χ3v) is 7.27. The molecular formula is C24H29N3O4S. The lowest BCUT2D eigenvalue weighted by Gasteiger charge is -2.24. The maximum atomic E-state index is 13.3. The molecule has 32 heavy (non-hydrogen) atoms. The van der Waals surface area contributed by atoms with E-state index in [1.54, 1.807) is 12.1 Å². The fraction of sp³-hybridized carbons (Fsp3) is 0.333. The number of carbonyl (C=O) groups excluding carboxylic acids is 2. The third-order valence-electron chi connectivity index (χ3n) is 5.41. The molecule has 0 bridgehead atoms. The van der Waals surface area contributed by atoms with Crippen molar-refractivity contribution in [3.05, 3.63) is 72.8 Å². The van der Waals surface area contributed by atoms with Crippen molar-refractivity contribution in [3.63, 3.8) is 0 Å². The molecular weight excluding hydrogens is 426 g/mol. The van der Waals surface area contributed by atoms with Gasteiger partial charge in [0.25, 0.3) is 0 Å². The van der Waals surface area contributed by atoms with Gasteiger partial charge < -0.3 is 10.6 Å². The van der Waals surface area contributed by atoms with E-state index >= 15 is 0 Å². The van der Waals surface area contributed by atoms with Gasteiger partial charge in [-0.2, -0.15) is 4.31 Å². The molecule has 3 rings (SSSR count). The van der Waals surface area contributed by atoms with Crippen LogP contribution in [0.5, 0.6) is 0 Å². The quantitative estimate of drug-likeness (QED) is 0.598. The lowest BCUT2D eigenvalue weighted by molar-refractivity contribution is -0.117. The number of rotatable bonds is 8. The maximum Gasteiger partial charge on any atom is 0.243 e. The zero-order chi connectivity index (χ0) is 23.0. The topological polar surface area (TPSA) is 95.6 Å². The van der Waals surface area contributed by atoms with Gasteiger partial charge in [0.05, 0.1) is 4.90 Å². The van der Waals surface area contributed by atoms with Crippen molar-refractivity contribution in [2.45, 2.75) is 43.0 Å². The molecule has 2 aromatic carbocycles. The molecule has 7 nitrogen and oxygen atoms in total. The number of aryl methyl sites for hydroxylation is 1. The van der Waals surface area contributed by atoms with Gasteiger partial charge in [0, 0.05) is 31.2 Å². The van der Waals surface area contributed by atoms with Crippen molar-refractivity contribution in [1.29, 1.82) is 0 Å². The molecule has 1 saturated heterocycles. The maximum absolute atomic E-state index is 13.3. The molecule has 1 unspecified atom stereocenters. The first kappa shape index (κ1) is 23.7. The van der Waals surface area contributed by atoms with Crippen molar-refractivity contribution < 1.29 is 18.0 Å². The highest BCUT2D eigenvalue weighted by Gasteiger charge is 2.29. The van der Waals surface area contributed by atoms with Crippen molar-refractivity contribution >= 4 is 27.5 Å². The van der Waals surface area contributed by atoms with Gasteiger partial charge in [-0.05, 0) is 49.1 Å². The summed E-state index contributed by atoms with van der Waals surface area (Å²) in [6, 6.07) is 15.8. The fourth-order valence-corrected chi connectivity index (χ4v) is 5.28. The molecule has 0 radical (unpaired) electrons. The molecule has 0 aliphatic carbocycles. The van der Waals surface area contributed by atoms with Crippen LogP contribution in [0.15, 0.2) is 72.1 Å². The minimum atomic E-state index is -3.77. The first-order valence-electron chi connectivity index (χ1n) is 10.8. The van der Waals surface area contributed by atoms with Gasteiger partial charge in [-0.3, -0.25) is 9.59 Å². The Balaban J connectivity index is 1.67. The number of hydrogen-bond donors (Lipinski definition) is 2. The zero-order valence-corrected chi connectivity index (χ0v) is 18.8. The average Bonchev–Trinajstić information content (AvgIpc) is 3.04. The fourth-order valence-electron chi connectivity index (χ4n) is 3.71. The van der Waals surface area contributed by atoms with Gasteiger partial charge in [-0.25, -0.2) is 8.42 Å². The van der Waals surface area contributed by atoms with Crippen molar-refractivity contribution in [1.82, 2.24) is 9.62 Å². The Morgan fingerprint density at radius 1 is 1.09 bits per heavy atom. The van der Waals surface area contributed by atoms with Gasteiger partial charge in [0.15, 0.2) is 0 Å². The average molecular weight is 456 g/mol. The van der Waals surface area contributed by atoms with E-state index in [1.807, 2.05) is 30.3 Å². The number of carbonyl (C=O) groups is 2. The van der Waals surface area contributed by atoms with E-state index < -0.39 is 10.0 Å². The van der Waals surface area contributed by atoms with Crippen LogP contribution in [0.2, 0.25) is 0 Å². The van der Waals surface area contributed by atoms with E-state index in [1.165, 1.54) is 22.5 Å². The van der Waals surface area contributed by atoms with Crippen LogP contribution in [-0.4, -0.2) is 43.7 Å². The van der Waals surface area contributed by atoms with Crippen molar-refractivity contribution in [2.75, 3.05) is 18.4 Å². The predicted molar refractivity (Wildman–Crippen MR) is 125 cm³/mol. The van der Waals surface area contributed by atoms with Crippen LogP contribution in [0.4, 0.5) is 5.69 Å². The minimum Gasteiger partial charge on any atom is -0.349 e. The highest BCUT2D eigenvalue weighted by atomic mass is 32.2. The van der Waals surface area contributed by atoms with Gasteiger partial charge in [0.2, 0.25) is 21.8 Å². The molecule has 1 atom stereocenters. The van der Waals surface area contributed by atoms with E-state index in [4.69, 9.17) is 0 Å². The predicted octanol–water partition coefficient (Wildman–Crippen LogP) is 3.10. The van der Waals surface area contributed by atoms with Crippen LogP contribution in [0.1, 0.15) is 31.2 Å². The molecule has 1 aliphatic rings. The number of sulfonamides is 1. The van der Waals surface area contributed by atoms with Crippen LogP contribution in [0.25, 0.3) is 0 Å². The molecule has 170 valence electrons. The van der Waals surface area contributed by atoms with Crippen LogP contribution in [0, 0.1) is 0 Å². The summed E-state index contributed by atoms with van der Waals surface area (Å²) in [6.45, 7) is 4.04. The van der Waals surface area contributed by atoms with Crippen LogP contribution in [0.3, 0.4) is 0 Å². The Hall–Kier alpha value is -2.97. The monoisotopic (exact) mass is 455 g/mol. The molecule has 1 fully saturated rings. The Morgan fingerprint density at radius 3 is 2.62 bits per heavy atom. The highest BCUT2D eigenvalue weighted by Crippen LogP contribution is 2.23. The molecule has 1 heterocycles. The standard InChI is InChI=1S/C24H29N3O4S/c1-2-23(28)26-21-11-6-7-16-27(18-21)32(30,31)22-13-8-12-20(17-22)25-24(29)15-14-19-9-4-3-5-10-19/h2-5,8-10,12-13,17,21H,1,6-7,11,14-16,18H2,(H,25,29)(H,26,28). The molecule has 2 aromatic rings. The summed E-state index contributed by atoms with van der Waals surface area (Å²) in [5.74, 6) is -0.486. The second-order valence-electron chi connectivity index (χ2n) is 7.83. The van der Waals surface area contributed by atoms with Gasteiger partial charge in [0.1, 0.15) is 0 Å². The SMILES string of the molecule is C=CC(=O)NC1CCCCN(S(=O)(=O)c2cccc(NC(=O)CCc3ccccc3)c2)C1. The summed E-state index contributed by atoms with van der Waals surface area (Å²) in [6.07, 6.45) is 4.35. The molecule has 0 aromatic heterocycles. The first-order valence-corrected chi connectivity index (χ1v) is 12.2. The van der Waals surface area contributed by atoms with E-state index in [0.717, 1.165) is 18.4 Å². The van der Waals surface area contributed by atoms with Gasteiger partial charge in [-0.15, -0.1) is 0 Å². The van der Waals surface area contributed by atoms with Crippen molar-refractivity contribution in [3.8, 4) is 0 Å². The Bertz CT molecular complexity index is 1050. The number of amides is 2. The lowest BCUT2D eigenvalue weighted by atomic mass is 10.1. The molecule has 1 aliphatic heterocycles. The summed E-state index contributed by atoms with van der Waals surface area (Å²) >= 11 is 0. The summed E-state index contributed by atoms with van der Waals surface area (Å²) in [4.78, 5) is 24.1. The molecule has 0 spiro atoms. The van der Waals surface area contributed by atoms with Gasteiger partial charge in [-0.1, -0.05) is 49.4 Å². The Labute approximate surface area is 189 Å². The number of hydrogen-bond acceptors (Lipinski definition) is 4. The zero-order valence-electron chi connectivity index (χ0n) is 18.0. The van der Waals surface area contributed by atoms with Crippen molar-refractivity contribution in [2.24, 2.45) is 0 Å². The first-order chi connectivity index (χ1) is 15.4. The van der Waals surface area contributed by atoms with E-state index in [-0.39, 0.29) is 29.3 Å². The van der Waals surface area contributed by atoms with E-state index in [2.05, 4.69) is 17.2 Å². The smallest absolute Gasteiger partial charge is 0.243 e. The van der Waals surface area contributed by atoms with Gasteiger partial charge >= 0.3 is 0 Å². The van der Waals surface area contributed by atoms with Crippen LogP contribution < -0.4 is 10.6 Å². The second-order valence-corrected chi connectivity index (χ2v) is 9.77. The number of anilines is 1. The molecule has 8 heteroatoms. The summed E-state index contributed by atoms with van der Waals surface area (Å²) in [5.41, 5.74) is 1.51. The van der Waals surface area contributed by atoms with E-state index in [0.29, 0.717) is 31.5 Å². The summed E-state index contributed by atoms with van der Waals surface area (Å²) < 4.78 is 27.9. The third kappa shape index (κ3) is 6.51. The van der Waals surface area contributed by atoms with Crippen LogP contribution >= 0.6 is 0 Å².